The van der Waals surface area contributed by atoms with Gasteiger partial charge in [-0.25, -0.2) is 0 Å². The third kappa shape index (κ3) is 1.54. The van der Waals surface area contributed by atoms with Crippen LogP contribution in [0.25, 0.3) is 11.1 Å². The highest BCUT2D eigenvalue weighted by atomic mass is 16.5. The minimum Gasteiger partial charge on any atom is -0.482 e. The number of aryl methyl sites for hydroxylation is 1. The Kier molecular flexibility index (Phi) is 2.06. The summed E-state index contributed by atoms with van der Waals surface area (Å²) in [6.45, 7) is 6.34. The zero-order valence-electron chi connectivity index (χ0n) is 10.4. The molecule has 0 amide bonds. The first-order valence-corrected chi connectivity index (χ1v) is 5.97. The van der Waals surface area contributed by atoms with Crippen LogP contribution < -0.4 is 4.74 Å². The maximum Gasteiger partial charge on any atom is 0.129 e. The summed E-state index contributed by atoms with van der Waals surface area (Å²) in [7, 11) is 0. The minimum absolute atomic E-state index is 0.253. The Morgan fingerprint density at radius 2 is 1.71 bits per heavy atom. The van der Waals surface area contributed by atoms with E-state index in [1.807, 2.05) is 0 Å². The smallest absolute Gasteiger partial charge is 0.129 e. The van der Waals surface area contributed by atoms with Crippen LogP contribution in [0.15, 0.2) is 42.5 Å². The number of ether oxygens (including phenoxy) is 1. The molecule has 0 fully saturated rings. The molecule has 2 aromatic carbocycles. The molecule has 0 unspecified atom stereocenters. The van der Waals surface area contributed by atoms with Crippen LogP contribution >= 0.6 is 0 Å². The van der Waals surface area contributed by atoms with Crippen LogP contribution in [0.1, 0.15) is 25.0 Å². The largest absolute Gasteiger partial charge is 0.482 e. The number of rotatable bonds is 0. The first-order chi connectivity index (χ1) is 8.08. The molecule has 0 N–H and O–H groups in total. The molecular weight excluding hydrogens is 208 g/mol. The molecular formula is C16H16O. The van der Waals surface area contributed by atoms with Gasteiger partial charge in [-0.2, -0.15) is 0 Å². The van der Waals surface area contributed by atoms with Crippen molar-refractivity contribution in [3.05, 3.63) is 53.6 Å². The second-order valence-corrected chi connectivity index (χ2v) is 5.16. The van der Waals surface area contributed by atoms with Gasteiger partial charge in [0.25, 0.3) is 0 Å². The molecule has 0 bridgehead atoms. The van der Waals surface area contributed by atoms with E-state index in [4.69, 9.17) is 4.74 Å². The third-order valence-corrected chi connectivity index (χ3v) is 3.37. The predicted octanol–water partition coefficient (Wildman–Crippen LogP) is 4.29. The predicted molar refractivity (Wildman–Crippen MR) is 70.3 cm³/mol. The van der Waals surface area contributed by atoms with Crippen LogP contribution in [0.4, 0.5) is 0 Å². The van der Waals surface area contributed by atoms with Crippen molar-refractivity contribution in [2.24, 2.45) is 0 Å². The molecule has 0 atom stereocenters. The first-order valence-electron chi connectivity index (χ1n) is 5.97. The van der Waals surface area contributed by atoms with Gasteiger partial charge >= 0.3 is 0 Å². The summed E-state index contributed by atoms with van der Waals surface area (Å²) in [5, 5.41) is 0. The third-order valence-electron chi connectivity index (χ3n) is 3.37. The fourth-order valence-electron chi connectivity index (χ4n) is 2.51. The lowest BCUT2D eigenvalue weighted by molar-refractivity contribution is 0.105. The van der Waals surface area contributed by atoms with Crippen molar-refractivity contribution in [3.8, 4) is 16.9 Å². The van der Waals surface area contributed by atoms with E-state index in [-0.39, 0.29) is 5.60 Å². The first kappa shape index (κ1) is 10.4. The molecule has 1 nitrogen and oxygen atoms in total. The fourth-order valence-corrected chi connectivity index (χ4v) is 2.51. The quantitative estimate of drug-likeness (QED) is 0.648. The van der Waals surface area contributed by atoms with Crippen molar-refractivity contribution >= 4 is 0 Å². The van der Waals surface area contributed by atoms with E-state index >= 15 is 0 Å². The Labute approximate surface area is 102 Å². The summed E-state index contributed by atoms with van der Waals surface area (Å²) in [4.78, 5) is 0. The molecule has 0 aromatic heterocycles. The number of hydrogen-bond acceptors (Lipinski definition) is 1. The second kappa shape index (κ2) is 3.36. The Bertz CT molecular complexity index is 582. The van der Waals surface area contributed by atoms with E-state index in [1.54, 1.807) is 0 Å². The van der Waals surface area contributed by atoms with Crippen molar-refractivity contribution in [2.45, 2.75) is 26.4 Å². The van der Waals surface area contributed by atoms with E-state index in [0.717, 1.165) is 5.75 Å². The fraction of sp³-hybridized carbons (Fsp3) is 0.250. The molecule has 0 radical (unpaired) electrons. The maximum atomic E-state index is 6.13. The number of fused-ring (bicyclic) bond motifs is 3. The standard InChI is InChI=1S/C16H16O/c1-11-8-9-13-12-6-4-5-7-14(12)16(2,3)17-15(13)10-11/h4-10H,1-3H3. The van der Waals surface area contributed by atoms with E-state index in [1.165, 1.54) is 22.3 Å². The molecule has 2 aromatic rings. The lowest BCUT2D eigenvalue weighted by atomic mass is 9.86. The van der Waals surface area contributed by atoms with E-state index in [2.05, 4.69) is 63.2 Å². The van der Waals surface area contributed by atoms with E-state index in [0.29, 0.717) is 0 Å². The van der Waals surface area contributed by atoms with Gasteiger partial charge in [0.05, 0.1) is 0 Å². The zero-order valence-corrected chi connectivity index (χ0v) is 10.4. The van der Waals surface area contributed by atoms with Gasteiger partial charge in [0, 0.05) is 11.1 Å². The van der Waals surface area contributed by atoms with E-state index < -0.39 is 0 Å². The average Bonchev–Trinajstić information content (AvgIpc) is 2.28. The van der Waals surface area contributed by atoms with Gasteiger partial charge in [-0.3, -0.25) is 0 Å². The highest BCUT2D eigenvalue weighted by molar-refractivity contribution is 5.76. The Morgan fingerprint density at radius 1 is 0.941 bits per heavy atom. The van der Waals surface area contributed by atoms with Gasteiger partial charge in [-0.15, -0.1) is 0 Å². The van der Waals surface area contributed by atoms with Crippen LogP contribution in [-0.4, -0.2) is 0 Å². The summed E-state index contributed by atoms with van der Waals surface area (Å²) in [5.74, 6) is 0.994. The van der Waals surface area contributed by atoms with Crippen LogP contribution in [0.2, 0.25) is 0 Å². The van der Waals surface area contributed by atoms with Crippen LogP contribution in [0.3, 0.4) is 0 Å². The lowest BCUT2D eigenvalue weighted by Gasteiger charge is -2.35. The Balaban J connectivity index is 2.31. The normalized spacial score (nSPS) is 15.7. The van der Waals surface area contributed by atoms with Crippen molar-refractivity contribution < 1.29 is 4.74 Å². The molecule has 1 aliphatic heterocycles. The molecule has 86 valence electrons. The molecule has 1 heterocycles. The van der Waals surface area contributed by atoms with Crippen molar-refractivity contribution in [3.63, 3.8) is 0 Å². The molecule has 0 spiro atoms. The minimum atomic E-state index is -0.253. The molecule has 1 heteroatoms. The number of hydrogen-bond donors (Lipinski definition) is 0. The lowest BCUT2D eigenvalue weighted by Crippen LogP contribution is -2.29. The van der Waals surface area contributed by atoms with Crippen molar-refractivity contribution in [2.75, 3.05) is 0 Å². The second-order valence-electron chi connectivity index (χ2n) is 5.16. The molecule has 3 rings (SSSR count). The maximum absolute atomic E-state index is 6.13. The molecule has 0 saturated carbocycles. The highest BCUT2D eigenvalue weighted by Crippen LogP contribution is 2.44. The van der Waals surface area contributed by atoms with Gasteiger partial charge in [0.15, 0.2) is 0 Å². The average molecular weight is 224 g/mol. The van der Waals surface area contributed by atoms with Gasteiger partial charge in [0.1, 0.15) is 11.4 Å². The Hall–Kier alpha value is -1.76. The highest BCUT2D eigenvalue weighted by Gasteiger charge is 2.31. The molecule has 0 aliphatic carbocycles. The van der Waals surface area contributed by atoms with Gasteiger partial charge in [0.2, 0.25) is 0 Å². The Morgan fingerprint density at radius 3 is 2.53 bits per heavy atom. The topological polar surface area (TPSA) is 9.23 Å². The zero-order chi connectivity index (χ0) is 12.0. The summed E-state index contributed by atoms with van der Waals surface area (Å²) >= 11 is 0. The van der Waals surface area contributed by atoms with Gasteiger partial charge in [-0.1, -0.05) is 36.4 Å². The van der Waals surface area contributed by atoms with Crippen LogP contribution in [0.5, 0.6) is 5.75 Å². The van der Waals surface area contributed by atoms with E-state index in [9.17, 15) is 0 Å². The number of benzene rings is 2. The van der Waals surface area contributed by atoms with Gasteiger partial charge < -0.3 is 4.74 Å². The van der Waals surface area contributed by atoms with Crippen molar-refractivity contribution in [1.29, 1.82) is 0 Å². The van der Waals surface area contributed by atoms with Gasteiger partial charge in [-0.05, 0) is 38.0 Å². The monoisotopic (exact) mass is 224 g/mol. The SMILES string of the molecule is Cc1ccc2c(c1)OC(C)(C)c1ccccc1-2. The summed E-state index contributed by atoms with van der Waals surface area (Å²) < 4.78 is 6.13. The molecule has 1 aliphatic rings. The molecule has 0 saturated heterocycles. The summed E-state index contributed by atoms with van der Waals surface area (Å²) in [6.07, 6.45) is 0. The van der Waals surface area contributed by atoms with Crippen LogP contribution in [0, 0.1) is 6.92 Å². The van der Waals surface area contributed by atoms with Crippen molar-refractivity contribution in [1.82, 2.24) is 0 Å². The molecule has 17 heavy (non-hydrogen) atoms. The summed E-state index contributed by atoms with van der Waals surface area (Å²) in [5.41, 5.74) is 4.73. The summed E-state index contributed by atoms with van der Waals surface area (Å²) in [6, 6.07) is 14.9. The van der Waals surface area contributed by atoms with Crippen LogP contribution in [-0.2, 0) is 5.60 Å².